The zero-order valence-electron chi connectivity index (χ0n) is 12.5. The zero-order valence-corrected chi connectivity index (χ0v) is 13.2. The molecule has 0 saturated heterocycles. The van der Waals surface area contributed by atoms with Gasteiger partial charge in [0.05, 0.1) is 11.6 Å². The van der Waals surface area contributed by atoms with Crippen LogP contribution in [0.15, 0.2) is 42.5 Å². The topological polar surface area (TPSA) is 46.5 Å². The van der Waals surface area contributed by atoms with E-state index in [0.29, 0.717) is 23.5 Å². The van der Waals surface area contributed by atoms with Crippen molar-refractivity contribution in [2.24, 2.45) is 0 Å². The summed E-state index contributed by atoms with van der Waals surface area (Å²) in [6.07, 6.45) is 3.14. The third-order valence-electron chi connectivity index (χ3n) is 3.19. The van der Waals surface area contributed by atoms with Gasteiger partial charge >= 0.3 is 0 Å². The summed E-state index contributed by atoms with van der Waals surface area (Å²) in [5, 5.41) is 9.99. The van der Waals surface area contributed by atoms with Crippen molar-refractivity contribution in [3.05, 3.63) is 64.2 Å². The molecule has 2 aromatic carbocycles. The van der Waals surface area contributed by atoms with Crippen LogP contribution in [0.2, 0.25) is 5.02 Å². The number of rotatable bonds is 5. The average molecular weight is 317 g/mol. The summed E-state index contributed by atoms with van der Waals surface area (Å²) in [7, 11) is 0. The molecule has 0 spiro atoms. The number of ketones is 1. The van der Waals surface area contributed by atoms with Gasteiger partial charge in [-0.05, 0) is 43.2 Å². The molecule has 0 unspecified atom stereocenters. The van der Waals surface area contributed by atoms with Gasteiger partial charge in [-0.3, -0.25) is 4.79 Å². The maximum absolute atomic E-state index is 12.2. The molecule has 0 atom stereocenters. The Morgan fingerprint density at radius 2 is 2.05 bits per heavy atom. The van der Waals surface area contributed by atoms with E-state index in [1.807, 2.05) is 32.0 Å². The van der Waals surface area contributed by atoms with Crippen LogP contribution in [-0.2, 0) is 0 Å². The van der Waals surface area contributed by atoms with Gasteiger partial charge in [0.25, 0.3) is 0 Å². The van der Waals surface area contributed by atoms with Gasteiger partial charge in [0.2, 0.25) is 0 Å². The van der Waals surface area contributed by atoms with Gasteiger partial charge < -0.3 is 9.84 Å². The Balaban J connectivity index is 2.27. The van der Waals surface area contributed by atoms with Crippen molar-refractivity contribution in [3.63, 3.8) is 0 Å². The molecule has 22 heavy (non-hydrogen) atoms. The van der Waals surface area contributed by atoms with Crippen LogP contribution < -0.4 is 4.74 Å². The van der Waals surface area contributed by atoms with E-state index in [4.69, 9.17) is 16.3 Å². The molecule has 0 aliphatic rings. The Kier molecular flexibility index (Phi) is 5.23. The van der Waals surface area contributed by atoms with E-state index in [1.54, 1.807) is 24.3 Å². The fraction of sp³-hybridized carbons (Fsp3) is 0.167. The molecule has 2 aromatic rings. The molecule has 0 heterocycles. The second kappa shape index (κ2) is 7.14. The molecule has 0 aliphatic carbocycles. The predicted molar refractivity (Wildman–Crippen MR) is 88.8 cm³/mol. The summed E-state index contributed by atoms with van der Waals surface area (Å²) in [5.41, 5.74) is 2.28. The summed E-state index contributed by atoms with van der Waals surface area (Å²) in [5.74, 6) is 0.129. The molecule has 2 rings (SSSR count). The standard InChI is InChI=1S/C18H17ClO3/c1-3-22-17-11-13(10-15(19)18(17)21)8-9-16(20)14-7-5-4-6-12(14)2/h4-11,21H,3H2,1-2H3/b9-8+. The smallest absolute Gasteiger partial charge is 0.186 e. The summed E-state index contributed by atoms with van der Waals surface area (Å²) in [6.45, 7) is 4.13. The Morgan fingerprint density at radius 3 is 2.73 bits per heavy atom. The number of phenolic OH excluding ortho intramolecular Hbond substituents is 1. The fourth-order valence-electron chi connectivity index (χ4n) is 2.07. The number of carbonyl (C=O) groups is 1. The Morgan fingerprint density at radius 1 is 1.32 bits per heavy atom. The van der Waals surface area contributed by atoms with Crippen molar-refractivity contribution in [2.45, 2.75) is 13.8 Å². The molecular weight excluding hydrogens is 300 g/mol. The van der Waals surface area contributed by atoms with Gasteiger partial charge in [-0.2, -0.15) is 0 Å². The SMILES string of the molecule is CCOc1cc(/C=C/C(=O)c2ccccc2C)cc(Cl)c1O. The quantitative estimate of drug-likeness (QED) is 0.645. The first-order valence-electron chi connectivity index (χ1n) is 6.96. The number of ether oxygens (including phenoxy) is 1. The largest absolute Gasteiger partial charge is 0.503 e. The van der Waals surface area contributed by atoms with Crippen LogP contribution in [0.25, 0.3) is 6.08 Å². The third kappa shape index (κ3) is 3.68. The summed E-state index contributed by atoms with van der Waals surface area (Å²) in [6, 6.07) is 10.6. The van der Waals surface area contributed by atoms with Crippen LogP contribution in [0.1, 0.15) is 28.4 Å². The number of allylic oxidation sites excluding steroid dienone is 1. The first kappa shape index (κ1) is 16.1. The number of phenols is 1. The number of aromatic hydroxyl groups is 1. The third-order valence-corrected chi connectivity index (χ3v) is 3.48. The highest BCUT2D eigenvalue weighted by atomic mass is 35.5. The number of carbonyl (C=O) groups excluding carboxylic acids is 1. The highest BCUT2D eigenvalue weighted by Gasteiger charge is 2.09. The maximum atomic E-state index is 12.2. The molecular formula is C18H17ClO3. The van der Waals surface area contributed by atoms with Crippen molar-refractivity contribution in [1.82, 2.24) is 0 Å². The first-order valence-corrected chi connectivity index (χ1v) is 7.34. The summed E-state index contributed by atoms with van der Waals surface area (Å²) in [4.78, 5) is 12.2. The summed E-state index contributed by atoms with van der Waals surface area (Å²) < 4.78 is 5.32. The molecule has 1 N–H and O–H groups in total. The number of hydrogen-bond acceptors (Lipinski definition) is 3. The van der Waals surface area contributed by atoms with Gasteiger partial charge in [0.1, 0.15) is 0 Å². The number of benzene rings is 2. The Labute approximate surface area is 134 Å². The molecule has 0 saturated carbocycles. The molecule has 0 bridgehead atoms. The monoisotopic (exact) mass is 316 g/mol. The maximum Gasteiger partial charge on any atom is 0.186 e. The van der Waals surface area contributed by atoms with Crippen molar-refractivity contribution in [3.8, 4) is 11.5 Å². The van der Waals surface area contributed by atoms with E-state index in [1.165, 1.54) is 6.08 Å². The molecule has 0 fully saturated rings. The second-order valence-corrected chi connectivity index (χ2v) is 5.20. The van der Waals surface area contributed by atoms with Crippen LogP contribution in [0.3, 0.4) is 0 Å². The highest BCUT2D eigenvalue weighted by Crippen LogP contribution is 2.35. The summed E-state index contributed by atoms with van der Waals surface area (Å²) >= 11 is 5.96. The number of aryl methyl sites for hydroxylation is 1. The van der Waals surface area contributed by atoms with Gasteiger partial charge in [-0.25, -0.2) is 0 Å². The minimum absolute atomic E-state index is 0.0831. The number of hydrogen-bond donors (Lipinski definition) is 1. The van der Waals surface area contributed by atoms with Crippen molar-refractivity contribution in [1.29, 1.82) is 0 Å². The van der Waals surface area contributed by atoms with Crippen molar-refractivity contribution >= 4 is 23.5 Å². The van der Waals surface area contributed by atoms with Gasteiger partial charge in [0, 0.05) is 5.56 Å². The molecule has 3 nitrogen and oxygen atoms in total. The molecule has 0 aliphatic heterocycles. The van der Waals surface area contributed by atoms with E-state index in [-0.39, 0.29) is 16.6 Å². The molecule has 0 aromatic heterocycles. The van der Waals surface area contributed by atoms with Crippen molar-refractivity contribution < 1.29 is 14.6 Å². The molecule has 0 radical (unpaired) electrons. The van der Waals surface area contributed by atoms with Crippen LogP contribution in [-0.4, -0.2) is 17.5 Å². The van der Waals surface area contributed by atoms with E-state index in [9.17, 15) is 9.90 Å². The lowest BCUT2D eigenvalue weighted by molar-refractivity contribution is 0.104. The lowest BCUT2D eigenvalue weighted by atomic mass is 10.0. The minimum Gasteiger partial charge on any atom is -0.503 e. The Hall–Kier alpha value is -2.26. The van der Waals surface area contributed by atoms with Gasteiger partial charge in [-0.1, -0.05) is 41.9 Å². The normalized spacial score (nSPS) is 10.9. The van der Waals surface area contributed by atoms with Crippen LogP contribution in [0, 0.1) is 6.92 Å². The fourth-order valence-corrected chi connectivity index (χ4v) is 2.29. The number of halogens is 1. The van der Waals surface area contributed by atoms with E-state index in [2.05, 4.69) is 0 Å². The highest BCUT2D eigenvalue weighted by molar-refractivity contribution is 6.32. The Bertz CT molecular complexity index is 720. The van der Waals surface area contributed by atoms with Crippen LogP contribution in [0.4, 0.5) is 0 Å². The molecule has 4 heteroatoms. The molecule has 0 amide bonds. The first-order chi connectivity index (χ1) is 10.5. The van der Waals surface area contributed by atoms with Gasteiger partial charge in [0.15, 0.2) is 17.3 Å². The van der Waals surface area contributed by atoms with E-state index >= 15 is 0 Å². The lowest BCUT2D eigenvalue weighted by Crippen LogP contribution is -1.97. The van der Waals surface area contributed by atoms with Gasteiger partial charge in [-0.15, -0.1) is 0 Å². The van der Waals surface area contributed by atoms with Crippen molar-refractivity contribution in [2.75, 3.05) is 6.61 Å². The zero-order chi connectivity index (χ0) is 16.1. The van der Waals surface area contributed by atoms with Crippen LogP contribution in [0.5, 0.6) is 11.5 Å². The lowest BCUT2D eigenvalue weighted by Gasteiger charge is -2.08. The predicted octanol–water partition coefficient (Wildman–Crippen LogP) is 4.65. The molecule has 114 valence electrons. The minimum atomic E-state index is -0.0918. The van der Waals surface area contributed by atoms with E-state index < -0.39 is 0 Å². The average Bonchev–Trinajstić information content (AvgIpc) is 2.50. The van der Waals surface area contributed by atoms with Crippen LogP contribution >= 0.6 is 11.6 Å². The van der Waals surface area contributed by atoms with E-state index in [0.717, 1.165) is 5.56 Å². The second-order valence-electron chi connectivity index (χ2n) is 4.79.